The van der Waals surface area contributed by atoms with E-state index < -0.39 is 31.2 Å². The third-order valence-corrected chi connectivity index (χ3v) is 8.61. The largest absolute Gasteiger partial charge is 0.475 e. The normalized spacial score (nSPS) is 24.0. The highest BCUT2D eigenvalue weighted by Crippen LogP contribution is 2.33. The molecule has 2 heterocycles. The molecule has 0 radical (unpaired) electrons. The lowest BCUT2D eigenvalue weighted by molar-refractivity contribution is -0.137. The van der Waals surface area contributed by atoms with Crippen molar-refractivity contribution < 1.29 is 29.1 Å². The Morgan fingerprint density at radius 1 is 1.17 bits per heavy atom. The summed E-state index contributed by atoms with van der Waals surface area (Å²) in [5.41, 5.74) is 0.634. The van der Waals surface area contributed by atoms with Gasteiger partial charge in [-0.05, 0) is 71.3 Å². The summed E-state index contributed by atoms with van der Waals surface area (Å²) in [6.45, 7) is 12.9. The molecule has 11 heteroatoms. The maximum Gasteiger partial charge on any atom is 0.475 e. The number of alkyl carbamates (subject to hydrolysis) is 1. The molecule has 2 saturated heterocycles. The van der Waals surface area contributed by atoms with Gasteiger partial charge in [-0.1, -0.05) is 43.7 Å². The standard InChI is InChI=1S/C31H49BN4O6/c1-6-25(17-31(4,5)36-19-22(2)41-23(3)20-36)27(18-33)29(37)35-15-11-10-14-26(21-35)42-30(38)34-28(32(39)40)16-24-12-8-7-9-13-24/h7-9,12-13,22-23,25-28,39-40H,6,10-11,14-17,19-21H2,1-5H3,(H,34,38)/t22-,23-,25?,26-,27?,28+/m1/s1. The Balaban J connectivity index is 1.63. The number of nitrogens with one attached hydrogen (secondary N) is 1. The first kappa shape index (κ1) is 33.9. The number of amides is 2. The molecule has 2 unspecified atom stereocenters. The lowest BCUT2D eigenvalue weighted by atomic mass is 9.76. The third-order valence-electron chi connectivity index (χ3n) is 8.61. The molecule has 0 saturated carbocycles. The molecule has 0 spiro atoms. The van der Waals surface area contributed by atoms with Crippen LogP contribution in [0.1, 0.15) is 72.3 Å². The number of morpholine rings is 1. The zero-order valence-electron chi connectivity index (χ0n) is 25.9. The minimum atomic E-state index is -1.76. The van der Waals surface area contributed by atoms with E-state index in [0.717, 1.165) is 31.5 Å². The maximum atomic E-state index is 13.8. The van der Waals surface area contributed by atoms with Crippen molar-refractivity contribution in [3.8, 4) is 6.07 Å². The summed E-state index contributed by atoms with van der Waals surface area (Å²) < 4.78 is 11.6. The fourth-order valence-electron chi connectivity index (χ4n) is 6.33. The summed E-state index contributed by atoms with van der Waals surface area (Å²) in [4.78, 5) is 30.7. The van der Waals surface area contributed by atoms with Crippen LogP contribution in [0.2, 0.25) is 0 Å². The molecule has 2 amide bonds. The van der Waals surface area contributed by atoms with Gasteiger partial charge in [0.15, 0.2) is 0 Å². The maximum absolute atomic E-state index is 13.8. The summed E-state index contributed by atoms with van der Waals surface area (Å²) in [6.07, 6.45) is 2.67. The second-order valence-corrected chi connectivity index (χ2v) is 12.6. The van der Waals surface area contributed by atoms with Crippen molar-refractivity contribution in [2.24, 2.45) is 11.8 Å². The predicted octanol–water partition coefficient (Wildman–Crippen LogP) is 3.16. The molecule has 1 aromatic carbocycles. The van der Waals surface area contributed by atoms with E-state index in [1.165, 1.54) is 0 Å². The monoisotopic (exact) mass is 584 g/mol. The Morgan fingerprint density at radius 2 is 1.83 bits per heavy atom. The van der Waals surface area contributed by atoms with Gasteiger partial charge in [0.25, 0.3) is 0 Å². The minimum Gasteiger partial charge on any atom is -0.444 e. The molecule has 10 nitrogen and oxygen atoms in total. The van der Waals surface area contributed by atoms with Gasteiger partial charge in [-0.25, -0.2) is 4.79 Å². The predicted molar refractivity (Wildman–Crippen MR) is 161 cm³/mol. The number of carbonyl (C=O) groups is 2. The van der Waals surface area contributed by atoms with Gasteiger partial charge >= 0.3 is 13.2 Å². The smallest absolute Gasteiger partial charge is 0.444 e. The number of likely N-dealkylation sites (tertiary alicyclic amines) is 1. The molecule has 0 aliphatic carbocycles. The summed E-state index contributed by atoms with van der Waals surface area (Å²) in [5.74, 6) is -2.08. The number of nitrogens with zero attached hydrogens (tertiary/aromatic N) is 3. The van der Waals surface area contributed by atoms with Crippen LogP contribution in [0.4, 0.5) is 4.79 Å². The highest BCUT2D eigenvalue weighted by Gasteiger charge is 2.40. The molecule has 2 aliphatic rings. The first-order valence-electron chi connectivity index (χ1n) is 15.4. The molecular formula is C31H49BN4O6. The van der Waals surface area contributed by atoms with E-state index in [1.54, 1.807) is 4.90 Å². The Bertz CT molecular complexity index is 1040. The van der Waals surface area contributed by atoms with E-state index >= 15 is 0 Å². The average molecular weight is 585 g/mol. The van der Waals surface area contributed by atoms with E-state index in [1.807, 2.05) is 37.3 Å². The Morgan fingerprint density at radius 3 is 2.43 bits per heavy atom. The van der Waals surface area contributed by atoms with Gasteiger partial charge in [-0.15, -0.1) is 0 Å². The van der Waals surface area contributed by atoms with Crippen molar-refractivity contribution >= 4 is 19.1 Å². The van der Waals surface area contributed by atoms with Crippen molar-refractivity contribution in [3.05, 3.63) is 35.9 Å². The van der Waals surface area contributed by atoms with Gasteiger partial charge in [0.1, 0.15) is 12.0 Å². The zero-order valence-corrected chi connectivity index (χ0v) is 25.9. The second-order valence-electron chi connectivity index (χ2n) is 12.6. The van der Waals surface area contributed by atoms with Crippen LogP contribution in [0.5, 0.6) is 0 Å². The van der Waals surface area contributed by atoms with Crippen LogP contribution in [-0.2, 0) is 20.7 Å². The van der Waals surface area contributed by atoms with Gasteiger partial charge in [0.2, 0.25) is 5.91 Å². The van der Waals surface area contributed by atoms with Crippen molar-refractivity contribution in [2.75, 3.05) is 26.2 Å². The molecule has 2 fully saturated rings. The molecule has 3 N–H and O–H groups in total. The molecule has 2 aliphatic heterocycles. The number of hydrogen-bond acceptors (Lipinski definition) is 8. The molecule has 0 bridgehead atoms. The molecule has 42 heavy (non-hydrogen) atoms. The van der Waals surface area contributed by atoms with Crippen LogP contribution in [0.15, 0.2) is 30.3 Å². The average Bonchev–Trinajstić information content (AvgIpc) is 3.17. The Labute approximate surface area is 251 Å². The highest BCUT2D eigenvalue weighted by atomic mass is 16.6. The van der Waals surface area contributed by atoms with Crippen molar-refractivity contribution in [1.29, 1.82) is 5.26 Å². The number of hydrogen-bond donors (Lipinski definition) is 3. The first-order chi connectivity index (χ1) is 19.9. The summed E-state index contributed by atoms with van der Waals surface area (Å²) in [7, 11) is -1.76. The van der Waals surface area contributed by atoms with Crippen LogP contribution in [-0.4, -0.2) is 94.9 Å². The van der Waals surface area contributed by atoms with Gasteiger partial charge < -0.3 is 29.7 Å². The molecular weight excluding hydrogens is 535 g/mol. The summed E-state index contributed by atoms with van der Waals surface area (Å²) in [6, 6.07) is 11.5. The molecule has 1 aromatic rings. The first-order valence-corrected chi connectivity index (χ1v) is 15.4. The van der Waals surface area contributed by atoms with E-state index in [9.17, 15) is 24.9 Å². The lowest BCUT2D eigenvalue weighted by Gasteiger charge is -2.46. The van der Waals surface area contributed by atoms with Gasteiger partial charge in [-0.3, -0.25) is 9.69 Å². The third kappa shape index (κ3) is 9.70. The minimum absolute atomic E-state index is 0.123. The van der Waals surface area contributed by atoms with Crippen LogP contribution in [0, 0.1) is 23.2 Å². The van der Waals surface area contributed by atoms with E-state index in [-0.39, 0.29) is 42.5 Å². The van der Waals surface area contributed by atoms with Gasteiger partial charge in [-0.2, -0.15) is 5.26 Å². The fourth-order valence-corrected chi connectivity index (χ4v) is 6.33. The SMILES string of the molecule is CCC(CC(C)(C)N1C[C@@H](C)O[C@H](C)C1)C(C#N)C(=O)N1CCCC[C@@H](OC(=O)N[C@@H](Cc2ccccc2)B(O)O)C1. The van der Waals surface area contributed by atoms with Crippen molar-refractivity contribution in [1.82, 2.24) is 15.1 Å². The molecule has 232 valence electrons. The van der Waals surface area contributed by atoms with Crippen LogP contribution in [0.3, 0.4) is 0 Å². The molecule has 3 rings (SSSR count). The number of ether oxygens (including phenoxy) is 2. The number of benzene rings is 1. The van der Waals surface area contributed by atoms with Crippen molar-refractivity contribution in [3.63, 3.8) is 0 Å². The fraction of sp³-hybridized carbons (Fsp3) is 0.710. The van der Waals surface area contributed by atoms with Crippen LogP contribution >= 0.6 is 0 Å². The quantitative estimate of drug-likeness (QED) is 0.338. The zero-order chi connectivity index (χ0) is 30.9. The van der Waals surface area contributed by atoms with Crippen molar-refractivity contribution in [2.45, 2.75) is 103 Å². The Kier molecular flexibility index (Phi) is 12.7. The van der Waals surface area contributed by atoms with Crippen LogP contribution in [0.25, 0.3) is 0 Å². The van der Waals surface area contributed by atoms with E-state index in [4.69, 9.17) is 9.47 Å². The van der Waals surface area contributed by atoms with E-state index in [2.05, 4.69) is 44.0 Å². The lowest BCUT2D eigenvalue weighted by Crippen LogP contribution is -2.56. The Hall–Kier alpha value is -2.65. The van der Waals surface area contributed by atoms with Crippen LogP contribution < -0.4 is 5.32 Å². The second kappa shape index (κ2) is 15.7. The number of carbonyl (C=O) groups excluding carboxylic acids is 2. The number of nitriles is 1. The number of rotatable bonds is 11. The topological polar surface area (TPSA) is 135 Å². The van der Waals surface area contributed by atoms with Gasteiger partial charge in [0, 0.05) is 25.2 Å². The summed E-state index contributed by atoms with van der Waals surface area (Å²) in [5, 5.41) is 32.4. The molecule has 6 atom stereocenters. The molecule has 0 aromatic heterocycles. The summed E-state index contributed by atoms with van der Waals surface area (Å²) >= 11 is 0. The highest BCUT2D eigenvalue weighted by molar-refractivity contribution is 6.43. The van der Waals surface area contributed by atoms with Gasteiger partial charge in [0.05, 0.1) is 30.8 Å². The van der Waals surface area contributed by atoms with E-state index in [0.29, 0.717) is 25.8 Å².